The maximum atomic E-state index is 9.05. The van der Waals surface area contributed by atoms with Gasteiger partial charge in [0.15, 0.2) is 0 Å². The molecular weight excluding hydrogens is 260 g/mol. The number of hydrogen-bond donors (Lipinski definition) is 2. The van der Waals surface area contributed by atoms with Crippen LogP contribution in [0, 0.1) is 0 Å². The van der Waals surface area contributed by atoms with Crippen LogP contribution in [0.15, 0.2) is 66.9 Å². The summed E-state index contributed by atoms with van der Waals surface area (Å²) >= 11 is 0. The molecular formula is C18H18N2O. The Morgan fingerprint density at radius 3 is 2.00 bits per heavy atom. The summed E-state index contributed by atoms with van der Waals surface area (Å²) in [5.41, 5.74) is 3.37. The van der Waals surface area contributed by atoms with Crippen LogP contribution < -0.4 is 0 Å². The first-order valence-corrected chi connectivity index (χ1v) is 7.13. The normalized spacial score (nSPS) is 11.0. The van der Waals surface area contributed by atoms with Gasteiger partial charge in [0.2, 0.25) is 0 Å². The predicted molar refractivity (Wildman–Crippen MR) is 83.2 cm³/mol. The number of rotatable bonds is 5. The first-order valence-electron chi connectivity index (χ1n) is 7.13. The van der Waals surface area contributed by atoms with Crippen molar-refractivity contribution in [3.63, 3.8) is 0 Å². The molecule has 3 nitrogen and oxygen atoms in total. The van der Waals surface area contributed by atoms with Gasteiger partial charge in [0.25, 0.3) is 0 Å². The SMILES string of the molecule is OCCc1cnc(C(c2ccccc2)c2ccccc2)[nH]1. The number of aliphatic hydroxyl groups is 1. The Bertz CT molecular complexity index is 637. The van der Waals surface area contributed by atoms with Crippen molar-refractivity contribution in [3.8, 4) is 0 Å². The van der Waals surface area contributed by atoms with E-state index in [2.05, 4.69) is 34.2 Å². The predicted octanol–water partition coefficient (Wildman–Crippen LogP) is 3.12. The van der Waals surface area contributed by atoms with Crippen molar-refractivity contribution in [2.24, 2.45) is 0 Å². The third-order valence-corrected chi connectivity index (χ3v) is 3.57. The zero-order chi connectivity index (χ0) is 14.5. The molecule has 0 bridgehead atoms. The van der Waals surface area contributed by atoms with Gasteiger partial charge in [-0.3, -0.25) is 0 Å². The Labute approximate surface area is 124 Å². The van der Waals surface area contributed by atoms with Crippen LogP contribution >= 0.6 is 0 Å². The highest BCUT2D eigenvalue weighted by atomic mass is 16.3. The summed E-state index contributed by atoms with van der Waals surface area (Å²) in [7, 11) is 0. The molecule has 3 heteroatoms. The molecule has 1 aromatic heterocycles. The van der Waals surface area contributed by atoms with Crippen LogP contribution in [0.3, 0.4) is 0 Å². The van der Waals surface area contributed by atoms with Gasteiger partial charge in [-0.2, -0.15) is 0 Å². The molecule has 0 fully saturated rings. The summed E-state index contributed by atoms with van der Waals surface area (Å²) in [6.45, 7) is 0.128. The molecule has 0 aliphatic carbocycles. The van der Waals surface area contributed by atoms with Crippen molar-refractivity contribution >= 4 is 0 Å². The lowest BCUT2D eigenvalue weighted by atomic mass is 9.91. The molecule has 2 N–H and O–H groups in total. The van der Waals surface area contributed by atoms with Gasteiger partial charge >= 0.3 is 0 Å². The van der Waals surface area contributed by atoms with Crippen LogP contribution in [0.4, 0.5) is 0 Å². The molecule has 0 saturated carbocycles. The maximum absolute atomic E-state index is 9.05. The zero-order valence-electron chi connectivity index (χ0n) is 11.7. The molecule has 3 rings (SSSR count). The van der Waals surface area contributed by atoms with E-state index in [1.165, 1.54) is 11.1 Å². The quantitative estimate of drug-likeness (QED) is 0.753. The smallest absolute Gasteiger partial charge is 0.118 e. The average molecular weight is 278 g/mol. The number of hydrogen-bond acceptors (Lipinski definition) is 2. The number of aromatic nitrogens is 2. The van der Waals surface area contributed by atoms with Crippen molar-refractivity contribution in [3.05, 3.63) is 89.5 Å². The van der Waals surface area contributed by atoms with E-state index in [9.17, 15) is 0 Å². The van der Waals surface area contributed by atoms with E-state index in [-0.39, 0.29) is 12.5 Å². The Hall–Kier alpha value is -2.39. The average Bonchev–Trinajstić information content (AvgIpc) is 2.98. The molecule has 106 valence electrons. The third-order valence-electron chi connectivity index (χ3n) is 3.57. The molecule has 0 atom stereocenters. The minimum Gasteiger partial charge on any atom is -0.396 e. The van der Waals surface area contributed by atoms with Crippen LogP contribution in [0.1, 0.15) is 28.6 Å². The Morgan fingerprint density at radius 2 is 1.48 bits per heavy atom. The van der Waals surface area contributed by atoms with Gasteiger partial charge in [-0.25, -0.2) is 4.98 Å². The van der Waals surface area contributed by atoms with Crippen molar-refractivity contribution < 1.29 is 5.11 Å². The van der Waals surface area contributed by atoms with Crippen molar-refractivity contribution in [1.82, 2.24) is 9.97 Å². The molecule has 1 heterocycles. The van der Waals surface area contributed by atoms with E-state index in [1.807, 2.05) is 42.6 Å². The number of aromatic amines is 1. The summed E-state index contributed by atoms with van der Waals surface area (Å²) in [4.78, 5) is 7.86. The number of benzene rings is 2. The van der Waals surface area contributed by atoms with Crippen molar-refractivity contribution in [2.45, 2.75) is 12.3 Å². The standard InChI is InChI=1S/C18H18N2O/c21-12-11-16-13-19-18(20-16)17(14-7-3-1-4-8-14)15-9-5-2-6-10-15/h1-10,13,17,21H,11-12H2,(H,19,20). The number of imidazole rings is 1. The first-order chi connectivity index (χ1) is 10.4. The molecule has 0 aliphatic rings. The summed E-state index contributed by atoms with van der Waals surface area (Å²) in [5.74, 6) is 0.996. The molecule has 0 aliphatic heterocycles. The van der Waals surface area contributed by atoms with E-state index >= 15 is 0 Å². The number of nitrogens with zero attached hydrogens (tertiary/aromatic N) is 1. The Balaban J connectivity index is 2.03. The number of nitrogens with one attached hydrogen (secondary N) is 1. The van der Waals surface area contributed by atoms with Crippen molar-refractivity contribution in [1.29, 1.82) is 0 Å². The van der Waals surface area contributed by atoms with E-state index in [4.69, 9.17) is 5.11 Å². The molecule has 0 amide bonds. The van der Waals surface area contributed by atoms with Gasteiger partial charge in [0, 0.05) is 24.9 Å². The Kier molecular flexibility index (Phi) is 4.12. The zero-order valence-corrected chi connectivity index (χ0v) is 11.7. The Morgan fingerprint density at radius 1 is 0.905 bits per heavy atom. The van der Waals surface area contributed by atoms with Crippen LogP contribution in [0.5, 0.6) is 0 Å². The van der Waals surface area contributed by atoms with Crippen LogP contribution in [-0.4, -0.2) is 21.7 Å². The van der Waals surface area contributed by atoms with Gasteiger partial charge in [-0.1, -0.05) is 60.7 Å². The lowest BCUT2D eigenvalue weighted by molar-refractivity contribution is 0.298. The van der Waals surface area contributed by atoms with E-state index in [1.54, 1.807) is 0 Å². The number of aliphatic hydroxyl groups excluding tert-OH is 1. The third kappa shape index (κ3) is 3.03. The van der Waals surface area contributed by atoms with Crippen molar-refractivity contribution in [2.75, 3.05) is 6.61 Å². The molecule has 3 aromatic rings. The second-order valence-electron chi connectivity index (χ2n) is 5.02. The van der Waals surface area contributed by atoms with Gasteiger partial charge in [-0.05, 0) is 11.1 Å². The van der Waals surface area contributed by atoms with Crippen LogP contribution in [-0.2, 0) is 6.42 Å². The highest BCUT2D eigenvalue weighted by Gasteiger charge is 2.19. The molecule has 21 heavy (non-hydrogen) atoms. The summed E-state index contributed by atoms with van der Waals surface area (Å²) in [5, 5.41) is 9.05. The fourth-order valence-electron chi connectivity index (χ4n) is 2.57. The summed E-state index contributed by atoms with van der Waals surface area (Å²) in [6.07, 6.45) is 2.41. The number of H-pyrrole nitrogens is 1. The van der Waals surface area contributed by atoms with E-state index in [0.29, 0.717) is 6.42 Å². The van der Waals surface area contributed by atoms with Gasteiger partial charge < -0.3 is 10.1 Å². The second kappa shape index (κ2) is 6.37. The van der Waals surface area contributed by atoms with E-state index in [0.717, 1.165) is 11.5 Å². The molecule has 2 aromatic carbocycles. The second-order valence-corrected chi connectivity index (χ2v) is 5.02. The van der Waals surface area contributed by atoms with Crippen LogP contribution in [0.25, 0.3) is 0 Å². The molecule has 0 radical (unpaired) electrons. The minimum absolute atomic E-state index is 0.0832. The highest BCUT2D eigenvalue weighted by Crippen LogP contribution is 2.29. The molecule has 0 spiro atoms. The van der Waals surface area contributed by atoms with E-state index < -0.39 is 0 Å². The summed E-state index contributed by atoms with van der Waals surface area (Å²) in [6, 6.07) is 20.7. The molecule has 0 saturated heterocycles. The monoisotopic (exact) mass is 278 g/mol. The largest absolute Gasteiger partial charge is 0.396 e. The first kappa shape index (κ1) is 13.6. The fourth-order valence-corrected chi connectivity index (χ4v) is 2.57. The lowest BCUT2D eigenvalue weighted by Gasteiger charge is -2.15. The van der Waals surface area contributed by atoms with Gasteiger partial charge in [-0.15, -0.1) is 0 Å². The van der Waals surface area contributed by atoms with Crippen LogP contribution in [0.2, 0.25) is 0 Å². The topological polar surface area (TPSA) is 48.9 Å². The maximum Gasteiger partial charge on any atom is 0.118 e. The summed E-state index contributed by atoms with van der Waals surface area (Å²) < 4.78 is 0. The van der Waals surface area contributed by atoms with Gasteiger partial charge in [0.05, 0.1) is 5.92 Å². The minimum atomic E-state index is 0.0832. The van der Waals surface area contributed by atoms with Gasteiger partial charge in [0.1, 0.15) is 5.82 Å². The lowest BCUT2D eigenvalue weighted by Crippen LogP contribution is -2.05. The molecule has 0 unspecified atom stereocenters. The fraction of sp³-hybridized carbons (Fsp3) is 0.167. The highest BCUT2D eigenvalue weighted by molar-refractivity contribution is 5.38.